The van der Waals surface area contributed by atoms with Gasteiger partial charge < -0.3 is 30.3 Å². The van der Waals surface area contributed by atoms with E-state index in [1.807, 2.05) is 66.7 Å². The molecule has 0 aromatic heterocycles. The summed E-state index contributed by atoms with van der Waals surface area (Å²) in [6.07, 6.45) is 0. The number of carbonyl (C=O) groups excluding carboxylic acids is 1. The van der Waals surface area contributed by atoms with E-state index < -0.39 is 0 Å². The average Bonchev–Trinajstić information content (AvgIpc) is 3.15. The van der Waals surface area contributed by atoms with E-state index in [0.29, 0.717) is 0 Å². The van der Waals surface area contributed by atoms with Crippen LogP contribution < -0.4 is 0 Å². The molecule has 3 aromatic carbocycles. The molecule has 0 amide bonds. The van der Waals surface area contributed by atoms with Gasteiger partial charge in [0.1, 0.15) is 0 Å². The number of Topliss-reactive ketones (excluding diaryl/α,β-unsaturated/α-hetero) is 1. The molecule has 0 fully saturated rings. The molecule has 20 heavy (non-hydrogen) atoms. The molecule has 0 saturated carbocycles. The molecular formula is C18H16FeO-6. The van der Waals surface area contributed by atoms with Gasteiger partial charge in [0, 0.05) is 22.6 Å². The third-order valence-electron chi connectivity index (χ3n) is 2.84. The number of hydrogen-bond donors (Lipinski definition) is 0. The summed E-state index contributed by atoms with van der Waals surface area (Å²) in [5.41, 5.74) is 3.11. The van der Waals surface area contributed by atoms with Gasteiger partial charge in [-0.15, -0.1) is 29.8 Å². The minimum Gasteiger partial charge on any atom is -0.748 e. The van der Waals surface area contributed by atoms with Gasteiger partial charge in [0.2, 0.25) is 0 Å². The predicted octanol–water partition coefficient (Wildman–Crippen LogP) is 4.68. The van der Waals surface area contributed by atoms with Crippen molar-refractivity contribution in [2.45, 2.75) is 6.92 Å². The van der Waals surface area contributed by atoms with E-state index in [-0.39, 0.29) is 22.9 Å². The Bertz CT molecular complexity index is 572. The van der Waals surface area contributed by atoms with Gasteiger partial charge >= 0.3 is 0 Å². The quantitative estimate of drug-likeness (QED) is 0.382. The Morgan fingerprint density at radius 1 is 0.900 bits per heavy atom. The summed E-state index contributed by atoms with van der Waals surface area (Å²) in [4.78, 5) is 11.0. The molecule has 0 spiro atoms. The van der Waals surface area contributed by atoms with Gasteiger partial charge in [0.05, 0.1) is 0 Å². The van der Waals surface area contributed by atoms with Crippen LogP contribution in [0.2, 0.25) is 0 Å². The number of ketones is 1. The van der Waals surface area contributed by atoms with Crippen molar-refractivity contribution in [2.24, 2.45) is 0 Å². The smallest absolute Gasteiger partial charge is 0.158 e. The van der Waals surface area contributed by atoms with Crippen LogP contribution >= 0.6 is 0 Å². The van der Waals surface area contributed by atoms with Crippen molar-refractivity contribution in [3.05, 3.63) is 84.4 Å². The van der Waals surface area contributed by atoms with Crippen LogP contribution in [0.4, 0.5) is 0 Å². The largest absolute Gasteiger partial charge is 0.748 e. The van der Waals surface area contributed by atoms with Crippen LogP contribution in [-0.4, -0.2) is 5.78 Å². The third-order valence-corrected chi connectivity index (χ3v) is 2.84. The molecule has 0 saturated heterocycles. The minimum absolute atomic E-state index is 0. The second-order valence-corrected chi connectivity index (χ2v) is 4.27. The Balaban J connectivity index is 0.000000283. The molecule has 0 N–H and O–H groups in total. The topological polar surface area (TPSA) is 17.1 Å². The Morgan fingerprint density at radius 3 is 1.75 bits per heavy atom. The molecule has 0 heterocycles. The van der Waals surface area contributed by atoms with Gasteiger partial charge in [0.15, 0.2) is 5.78 Å². The number of benzene rings is 1. The van der Waals surface area contributed by atoms with E-state index in [9.17, 15) is 4.79 Å². The van der Waals surface area contributed by atoms with Gasteiger partial charge in [0.25, 0.3) is 0 Å². The minimum atomic E-state index is 0. The molecule has 0 aliphatic carbocycles. The van der Waals surface area contributed by atoms with E-state index in [0.717, 1.165) is 11.1 Å². The number of hydrogen-bond acceptors (Lipinski definition) is 1. The zero-order valence-corrected chi connectivity index (χ0v) is 12.4. The molecule has 0 aliphatic heterocycles. The Hall–Kier alpha value is -1.89. The van der Waals surface area contributed by atoms with E-state index in [2.05, 4.69) is 12.1 Å². The van der Waals surface area contributed by atoms with Crippen LogP contribution in [0.15, 0.2) is 78.9 Å². The fourth-order valence-corrected chi connectivity index (χ4v) is 1.78. The summed E-state index contributed by atoms with van der Waals surface area (Å²) in [6.45, 7) is 1.58. The molecule has 0 radical (unpaired) electrons. The normalized spacial score (nSPS) is 9.05. The zero-order chi connectivity index (χ0) is 13.5. The Kier molecular flexibility index (Phi) is 6.72. The summed E-state index contributed by atoms with van der Waals surface area (Å²) >= 11 is 0. The first-order valence-corrected chi connectivity index (χ1v) is 6.27. The molecule has 108 valence electrons. The molecule has 3 aromatic rings. The number of carbonyl (C=O) groups is 1. The maximum atomic E-state index is 11.0. The maximum Gasteiger partial charge on any atom is 0.158 e. The van der Waals surface area contributed by atoms with Crippen molar-refractivity contribution in [3.8, 4) is 11.1 Å². The summed E-state index contributed by atoms with van der Waals surface area (Å²) in [6, 6.07) is 25.8. The SMILES string of the molecule is CC(=O)c1ccc(-[c-]2cccc2)cc1.[Fe].[cH-]1[cH-][cH-][cH-][cH-]1. The van der Waals surface area contributed by atoms with Crippen molar-refractivity contribution >= 4 is 5.78 Å². The Labute approximate surface area is 130 Å². The van der Waals surface area contributed by atoms with Crippen LogP contribution in [0.3, 0.4) is 0 Å². The Morgan fingerprint density at radius 2 is 1.35 bits per heavy atom. The summed E-state index contributed by atoms with van der Waals surface area (Å²) in [5.74, 6) is 0.110. The first kappa shape index (κ1) is 16.2. The number of rotatable bonds is 2. The zero-order valence-electron chi connectivity index (χ0n) is 11.3. The second kappa shape index (κ2) is 8.31. The summed E-state index contributed by atoms with van der Waals surface area (Å²) in [7, 11) is 0. The van der Waals surface area contributed by atoms with Crippen molar-refractivity contribution in [1.82, 2.24) is 0 Å². The van der Waals surface area contributed by atoms with Crippen molar-refractivity contribution < 1.29 is 21.9 Å². The van der Waals surface area contributed by atoms with Gasteiger partial charge in [-0.05, 0) is 6.92 Å². The second-order valence-electron chi connectivity index (χ2n) is 4.27. The van der Waals surface area contributed by atoms with Crippen LogP contribution in [0, 0.1) is 0 Å². The molecule has 3 rings (SSSR count). The fraction of sp³-hybridized carbons (Fsp3) is 0.0556. The van der Waals surface area contributed by atoms with Crippen molar-refractivity contribution in [1.29, 1.82) is 0 Å². The van der Waals surface area contributed by atoms with E-state index in [1.54, 1.807) is 6.92 Å². The van der Waals surface area contributed by atoms with Gasteiger partial charge in [-0.25, -0.2) is 0 Å². The fourth-order valence-electron chi connectivity index (χ4n) is 1.78. The van der Waals surface area contributed by atoms with Gasteiger partial charge in [-0.1, -0.05) is 17.7 Å². The summed E-state index contributed by atoms with van der Waals surface area (Å²) in [5, 5.41) is 0. The van der Waals surface area contributed by atoms with Crippen LogP contribution in [0.25, 0.3) is 11.1 Å². The van der Waals surface area contributed by atoms with Crippen LogP contribution in [0.5, 0.6) is 0 Å². The van der Waals surface area contributed by atoms with E-state index >= 15 is 0 Å². The van der Waals surface area contributed by atoms with Crippen molar-refractivity contribution in [3.63, 3.8) is 0 Å². The molecule has 1 nitrogen and oxygen atoms in total. The molecule has 0 atom stereocenters. The molecule has 0 unspecified atom stereocenters. The van der Waals surface area contributed by atoms with Crippen molar-refractivity contribution in [2.75, 3.05) is 0 Å². The van der Waals surface area contributed by atoms with Gasteiger partial charge in [-0.2, -0.15) is 12.1 Å². The monoisotopic (exact) mass is 304 g/mol. The molecule has 0 aliphatic rings. The van der Waals surface area contributed by atoms with E-state index in [1.165, 1.54) is 5.56 Å². The predicted molar refractivity (Wildman–Crippen MR) is 79.5 cm³/mol. The first-order chi connectivity index (χ1) is 9.27. The third kappa shape index (κ3) is 4.65. The molecular weight excluding hydrogens is 288 g/mol. The standard InChI is InChI=1S/C13H11O.C5H5.Fe/c1-10(14)11-6-8-13(9-7-11)12-4-2-3-5-12;1-2-4-5-3-1;/h2-9H,1H3;1-5H;/q-1;-5;. The summed E-state index contributed by atoms with van der Waals surface area (Å²) < 4.78 is 0. The molecule has 0 bridgehead atoms. The molecule has 2 heteroatoms. The van der Waals surface area contributed by atoms with Gasteiger partial charge in [-0.3, -0.25) is 4.79 Å². The van der Waals surface area contributed by atoms with E-state index in [4.69, 9.17) is 0 Å². The van der Waals surface area contributed by atoms with Crippen LogP contribution in [0.1, 0.15) is 17.3 Å². The maximum absolute atomic E-state index is 11.0. The van der Waals surface area contributed by atoms with Crippen LogP contribution in [-0.2, 0) is 17.1 Å². The first-order valence-electron chi connectivity index (χ1n) is 6.27. The average molecular weight is 304 g/mol.